The second-order valence-corrected chi connectivity index (χ2v) is 14.7. The Kier molecular flexibility index (Phi) is 8.28. The summed E-state index contributed by atoms with van der Waals surface area (Å²) in [5.74, 6) is -0.342. The number of benzene rings is 4. The molecule has 222 valence electrons. The minimum Gasteiger partial charge on any atom is -0.495 e. The minimum absolute atomic E-state index is 0.0674. The lowest BCUT2D eigenvalue weighted by Gasteiger charge is -2.27. The lowest BCUT2D eigenvalue weighted by atomic mass is 9.78. The lowest BCUT2D eigenvalue weighted by Crippen LogP contribution is -2.19. The third-order valence-electron chi connectivity index (χ3n) is 6.80. The van der Waals surface area contributed by atoms with E-state index in [1.807, 2.05) is 45.0 Å². The van der Waals surface area contributed by atoms with Gasteiger partial charge in [-0.05, 0) is 72.6 Å². The molecule has 2 N–H and O–H groups in total. The highest BCUT2D eigenvalue weighted by molar-refractivity contribution is 7.91. The van der Waals surface area contributed by atoms with Gasteiger partial charge in [-0.2, -0.15) is 16.8 Å². The van der Waals surface area contributed by atoms with Gasteiger partial charge in [-0.15, -0.1) is 0 Å². The summed E-state index contributed by atoms with van der Waals surface area (Å²) >= 11 is 0. The number of rotatable bonds is 9. The summed E-state index contributed by atoms with van der Waals surface area (Å²) in [4.78, 5) is -1.82. The maximum Gasteiger partial charge on any atom is 0.298 e. The molecule has 4 aromatic carbocycles. The first-order valence-corrected chi connectivity index (χ1v) is 16.7. The first kappa shape index (κ1) is 31.2. The molecule has 0 radical (unpaired) electrons. The van der Waals surface area contributed by atoms with E-state index in [9.17, 15) is 34.4 Å². The van der Waals surface area contributed by atoms with E-state index in [0.717, 1.165) is 29.3 Å². The van der Waals surface area contributed by atoms with Gasteiger partial charge in [0.05, 0.1) is 16.9 Å². The predicted molar refractivity (Wildman–Crippen MR) is 154 cm³/mol. The zero-order chi connectivity index (χ0) is 31.1. The third kappa shape index (κ3) is 6.35. The van der Waals surface area contributed by atoms with Crippen LogP contribution in [0.4, 0.5) is 0 Å². The number of hydrogen-bond donors (Lipinski definition) is 2. The van der Waals surface area contributed by atoms with Gasteiger partial charge in [-0.25, -0.2) is 8.42 Å². The average Bonchev–Trinajstić information content (AvgIpc) is 2.92. The molecule has 13 heteroatoms. The zero-order valence-electron chi connectivity index (χ0n) is 23.0. The summed E-state index contributed by atoms with van der Waals surface area (Å²) in [5.41, 5.74) is 2.00. The van der Waals surface area contributed by atoms with Gasteiger partial charge in [0.25, 0.3) is 20.2 Å². The summed E-state index contributed by atoms with van der Waals surface area (Å²) in [6.07, 6.45) is 0. The number of sulfone groups is 1. The Hall–Kier alpha value is -3.75. The van der Waals surface area contributed by atoms with Crippen molar-refractivity contribution in [2.24, 2.45) is 0 Å². The van der Waals surface area contributed by atoms with E-state index < -0.39 is 50.2 Å². The normalized spacial score (nSPS) is 12.6. The van der Waals surface area contributed by atoms with Crippen LogP contribution in [-0.2, 0) is 35.5 Å². The van der Waals surface area contributed by atoms with Crippen molar-refractivity contribution in [1.29, 1.82) is 0 Å². The Balaban J connectivity index is 1.67. The topological polar surface area (TPSA) is 161 Å². The molecule has 0 aliphatic rings. The molecule has 0 aliphatic carbocycles. The Morgan fingerprint density at radius 1 is 0.619 bits per heavy atom. The number of aryl methyl sites for hydroxylation is 1. The summed E-state index contributed by atoms with van der Waals surface area (Å²) in [7, 11) is -12.6. The van der Waals surface area contributed by atoms with Gasteiger partial charge in [0.1, 0.15) is 27.0 Å². The largest absolute Gasteiger partial charge is 0.495 e. The van der Waals surface area contributed by atoms with Crippen LogP contribution in [0.3, 0.4) is 0 Å². The van der Waals surface area contributed by atoms with E-state index in [2.05, 4.69) is 0 Å². The van der Waals surface area contributed by atoms with E-state index in [1.54, 1.807) is 6.07 Å². The second kappa shape index (κ2) is 11.2. The van der Waals surface area contributed by atoms with Gasteiger partial charge in [0.2, 0.25) is 9.84 Å². The summed E-state index contributed by atoms with van der Waals surface area (Å²) in [5, 5.41) is 0. The first-order valence-electron chi connectivity index (χ1n) is 12.3. The van der Waals surface area contributed by atoms with Crippen molar-refractivity contribution < 1.29 is 43.8 Å². The highest BCUT2D eigenvalue weighted by atomic mass is 32.2. The van der Waals surface area contributed by atoms with Gasteiger partial charge in [-0.1, -0.05) is 49.7 Å². The van der Waals surface area contributed by atoms with Crippen molar-refractivity contribution in [1.82, 2.24) is 0 Å². The molecule has 0 saturated heterocycles. The van der Waals surface area contributed by atoms with Crippen molar-refractivity contribution in [3.63, 3.8) is 0 Å². The van der Waals surface area contributed by atoms with Crippen LogP contribution in [0, 0.1) is 6.92 Å². The fraction of sp³-hybridized carbons (Fsp3) is 0.172. The van der Waals surface area contributed by atoms with Crippen molar-refractivity contribution in [2.75, 3.05) is 7.11 Å². The van der Waals surface area contributed by atoms with Gasteiger partial charge in [0.15, 0.2) is 0 Å². The summed E-state index contributed by atoms with van der Waals surface area (Å²) in [6.45, 7) is 5.80. The second-order valence-electron chi connectivity index (χ2n) is 9.99. The maximum atomic E-state index is 13.2. The van der Waals surface area contributed by atoms with Crippen LogP contribution in [0.1, 0.15) is 30.5 Å². The Bertz CT molecular complexity index is 1960. The van der Waals surface area contributed by atoms with Crippen LogP contribution in [0.5, 0.6) is 17.2 Å². The smallest absolute Gasteiger partial charge is 0.298 e. The molecule has 10 nitrogen and oxygen atoms in total. The number of methoxy groups -OCH3 is 1. The van der Waals surface area contributed by atoms with Crippen LogP contribution in [0.15, 0.2) is 105 Å². The highest BCUT2D eigenvalue weighted by Crippen LogP contribution is 2.38. The van der Waals surface area contributed by atoms with Crippen molar-refractivity contribution >= 4 is 30.1 Å². The van der Waals surface area contributed by atoms with Crippen molar-refractivity contribution in [3.05, 3.63) is 102 Å². The number of hydrogen-bond acceptors (Lipinski definition) is 8. The molecule has 0 heterocycles. The van der Waals surface area contributed by atoms with Crippen molar-refractivity contribution in [2.45, 2.75) is 45.8 Å². The van der Waals surface area contributed by atoms with E-state index in [0.29, 0.717) is 5.56 Å². The molecule has 4 aromatic rings. The molecule has 0 saturated carbocycles. The standard InChI is InChI=1S/C29H28O10S3/c1-19-5-7-20(8-6-19)29(2,3)21-9-15-26(27(17-21)41(32,33)34)39-22-10-12-23(13-11-22)40(30,31)24-14-16-25(38-4)28(18-24)42(35,36)37/h5-18H,1-4H3,(H,32,33,34)(H,35,36,37). The third-order valence-corrected chi connectivity index (χ3v) is 10.3. The van der Waals surface area contributed by atoms with Gasteiger partial charge in [-0.3, -0.25) is 9.11 Å². The quantitative estimate of drug-likeness (QED) is 0.227. The van der Waals surface area contributed by atoms with E-state index >= 15 is 0 Å². The van der Waals surface area contributed by atoms with Crippen molar-refractivity contribution in [3.8, 4) is 17.2 Å². The molecule has 0 unspecified atom stereocenters. The van der Waals surface area contributed by atoms with Gasteiger partial charge < -0.3 is 9.47 Å². The molecule has 0 bridgehead atoms. The van der Waals surface area contributed by atoms with E-state index in [-0.39, 0.29) is 22.1 Å². The van der Waals surface area contributed by atoms with E-state index in [4.69, 9.17) is 9.47 Å². The number of ether oxygens (including phenoxy) is 2. The SMILES string of the molecule is COc1ccc(S(=O)(=O)c2ccc(Oc3ccc(C(C)(C)c4ccc(C)cc4)cc3S(=O)(=O)O)cc2)cc1S(=O)(=O)O. The Labute approximate surface area is 245 Å². The zero-order valence-corrected chi connectivity index (χ0v) is 25.4. The highest BCUT2D eigenvalue weighted by Gasteiger charge is 2.28. The summed E-state index contributed by atoms with van der Waals surface area (Å²) in [6, 6.07) is 20.1. The predicted octanol–water partition coefficient (Wildman–Crippen LogP) is 5.45. The Morgan fingerprint density at radius 3 is 1.67 bits per heavy atom. The van der Waals surface area contributed by atoms with Crippen LogP contribution in [0.25, 0.3) is 0 Å². The molecular weight excluding hydrogens is 605 g/mol. The average molecular weight is 633 g/mol. The summed E-state index contributed by atoms with van der Waals surface area (Å²) < 4.78 is 104. The molecule has 4 rings (SSSR count). The molecule has 0 fully saturated rings. The molecule has 42 heavy (non-hydrogen) atoms. The van der Waals surface area contributed by atoms with Crippen LogP contribution in [-0.4, -0.2) is 41.5 Å². The van der Waals surface area contributed by atoms with Gasteiger partial charge in [0, 0.05) is 5.41 Å². The van der Waals surface area contributed by atoms with E-state index in [1.165, 1.54) is 43.5 Å². The monoisotopic (exact) mass is 632 g/mol. The molecule has 0 aromatic heterocycles. The fourth-order valence-corrected chi connectivity index (χ4v) is 6.98. The molecule has 0 atom stereocenters. The first-order chi connectivity index (χ1) is 19.4. The fourth-order valence-electron chi connectivity index (χ4n) is 4.30. The van der Waals surface area contributed by atoms with Crippen LogP contribution in [0.2, 0.25) is 0 Å². The van der Waals surface area contributed by atoms with Crippen LogP contribution < -0.4 is 9.47 Å². The minimum atomic E-state index is -4.78. The molecule has 0 aliphatic heterocycles. The molecule has 0 amide bonds. The Morgan fingerprint density at radius 2 is 1.12 bits per heavy atom. The lowest BCUT2D eigenvalue weighted by molar-refractivity contribution is 0.397. The van der Waals surface area contributed by atoms with Gasteiger partial charge >= 0.3 is 0 Å². The molecule has 0 spiro atoms. The molecular formula is C29H28O10S3. The van der Waals surface area contributed by atoms with Crippen LogP contribution >= 0.6 is 0 Å². The maximum absolute atomic E-state index is 13.2.